The van der Waals surface area contributed by atoms with Crippen molar-refractivity contribution in [1.29, 1.82) is 0 Å². The van der Waals surface area contributed by atoms with Crippen LogP contribution in [0.5, 0.6) is 0 Å². The lowest BCUT2D eigenvalue weighted by Crippen LogP contribution is -2.48. The Balaban J connectivity index is 1.76. The summed E-state index contributed by atoms with van der Waals surface area (Å²) in [6.07, 6.45) is 1.78. The third-order valence-corrected chi connectivity index (χ3v) is 4.06. The van der Waals surface area contributed by atoms with E-state index in [0.29, 0.717) is 24.9 Å². The molecule has 124 valence electrons. The molecule has 0 atom stereocenters. The average Bonchev–Trinajstić information content (AvgIpc) is 2.67. The summed E-state index contributed by atoms with van der Waals surface area (Å²) < 4.78 is 5.38. The fraction of sp³-hybridized carbons (Fsp3) is 0.278. The van der Waals surface area contributed by atoms with E-state index in [9.17, 15) is 0 Å². The molecule has 0 bridgehead atoms. The average molecular weight is 340 g/mol. The Hall–Kier alpha value is -2.31. The van der Waals surface area contributed by atoms with Gasteiger partial charge in [0.25, 0.3) is 0 Å². The SMILES string of the molecule is S=C(NC(=NCc1ccccn1)c1ccccc1)N1CCOCC1. The molecule has 1 fully saturated rings. The zero-order valence-electron chi connectivity index (χ0n) is 13.4. The van der Waals surface area contributed by atoms with Crippen molar-refractivity contribution in [3.8, 4) is 0 Å². The number of benzene rings is 1. The number of pyridine rings is 1. The van der Waals surface area contributed by atoms with E-state index in [4.69, 9.17) is 21.9 Å². The molecular weight excluding hydrogens is 320 g/mol. The van der Waals surface area contributed by atoms with Crippen molar-refractivity contribution in [3.63, 3.8) is 0 Å². The minimum atomic E-state index is 0.504. The molecule has 0 radical (unpaired) electrons. The van der Waals surface area contributed by atoms with Crippen LogP contribution in [0.3, 0.4) is 0 Å². The molecular formula is C18H20N4OS. The van der Waals surface area contributed by atoms with E-state index in [0.717, 1.165) is 30.2 Å². The molecule has 1 aliphatic rings. The maximum atomic E-state index is 5.54. The van der Waals surface area contributed by atoms with Crippen molar-refractivity contribution < 1.29 is 4.74 Å². The van der Waals surface area contributed by atoms with E-state index in [1.165, 1.54) is 0 Å². The number of amidine groups is 1. The van der Waals surface area contributed by atoms with Gasteiger partial charge < -0.3 is 15.0 Å². The van der Waals surface area contributed by atoms with Crippen LogP contribution in [0.2, 0.25) is 0 Å². The highest BCUT2D eigenvalue weighted by molar-refractivity contribution is 7.80. The highest BCUT2D eigenvalue weighted by Gasteiger charge is 2.15. The topological polar surface area (TPSA) is 49.8 Å². The van der Waals surface area contributed by atoms with Gasteiger partial charge in [0.05, 0.1) is 25.5 Å². The summed E-state index contributed by atoms with van der Waals surface area (Å²) in [4.78, 5) is 11.1. The second kappa shape index (κ2) is 8.52. The molecule has 1 aliphatic heterocycles. The monoisotopic (exact) mass is 340 g/mol. The van der Waals surface area contributed by atoms with Crippen molar-refractivity contribution >= 4 is 23.2 Å². The summed E-state index contributed by atoms with van der Waals surface area (Å²) >= 11 is 5.54. The molecule has 1 N–H and O–H groups in total. The Labute approximate surface area is 147 Å². The van der Waals surface area contributed by atoms with Gasteiger partial charge >= 0.3 is 0 Å². The summed E-state index contributed by atoms with van der Waals surface area (Å²) in [5.41, 5.74) is 1.93. The van der Waals surface area contributed by atoms with Crippen LogP contribution >= 0.6 is 12.2 Å². The largest absolute Gasteiger partial charge is 0.378 e. The summed E-state index contributed by atoms with van der Waals surface area (Å²) in [6, 6.07) is 15.8. The highest BCUT2D eigenvalue weighted by Crippen LogP contribution is 2.05. The fourth-order valence-electron chi connectivity index (χ4n) is 2.40. The van der Waals surface area contributed by atoms with E-state index in [-0.39, 0.29) is 0 Å². The molecule has 0 aliphatic carbocycles. The molecule has 0 spiro atoms. The van der Waals surface area contributed by atoms with Gasteiger partial charge in [0.1, 0.15) is 5.84 Å². The summed E-state index contributed by atoms with van der Waals surface area (Å²) in [6.45, 7) is 3.51. The Bertz CT molecular complexity index is 685. The Morgan fingerprint density at radius 1 is 1.12 bits per heavy atom. The second-order valence-electron chi connectivity index (χ2n) is 5.38. The molecule has 1 aromatic carbocycles. The summed E-state index contributed by atoms with van der Waals surface area (Å²) in [5.74, 6) is 0.762. The number of nitrogens with zero attached hydrogens (tertiary/aromatic N) is 3. The standard InChI is InChI=1S/C18H20N4OS/c24-18(22-10-12-23-13-11-22)21-17(15-6-2-1-3-7-15)20-14-16-8-4-5-9-19-16/h1-9H,10-14H2,(H,20,21,24). The number of ether oxygens (including phenoxy) is 1. The van der Waals surface area contributed by atoms with Gasteiger partial charge in [-0.05, 0) is 24.4 Å². The number of hydrogen-bond acceptors (Lipinski definition) is 4. The minimum Gasteiger partial charge on any atom is -0.378 e. The lowest BCUT2D eigenvalue weighted by molar-refractivity contribution is 0.0681. The molecule has 2 heterocycles. The van der Waals surface area contributed by atoms with Crippen LogP contribution in [0.15, 0.2) is 59.7 Å². The van der Waals surface area contributed by atoms with Crippen LogP contribution in [-0.2, 0) is 11.3 Å². The molecule has 2 aromatic rings. The third-order valence-electron chi connectivity index (χ3n) is 3.70. The first-order chi connectivity index (χ1) is 11.8. The molecule has 0 unspecified atom stereocenters. The number of thiocarbonyl (C=S) groups is 1. The molecule has 0 amide bonds. The van der Waals surface area contributed by atoms with Gasteiger partial charge in [0.15, 0.2) is 5.11 Å². The van der Waals surface area contributed by atoms with E-state index in [1.807, 2.05) is 48.5 Å². The van der Waals surface area contributed by atoms with Gasteiger partial charge in [-0.15, -0.1) is 0 Å². The minimum absolute atomic E-state index is 0.504. The summed E-state index contributed by atoms with van der Waals surface area (Å²) in [5, 5.41) is 3.98. The number of nitrogens with one attached hydrogen (secondary N) is 1. The lowest BCUT2D eigenvalue weighted by Gasteiger charge is -2.29. The van der Waals surface area contributed by atoms with Gasteiger partial charge in [0, 0.05) is 24.8 Å². The van der Waals surface area contributed by atoms with Crippen LogP contribution in [-0.4, -0.2) is 47.1 Å². The van der Waals surface area contributed by atoms with Crippen molar-refractivity contribution in [3.05, 3.63) is 66.0 Å². The quantitative estimate of drug-likeness (QED) is 0.528. The van der Waals surface area contributed by atoms with Crippen molar-refractivity contribution in [1.82, 2.24) is 15.2 Å². The molecule has 6 heteroatoms. The second-order valence-corrected chi connectivity index (χ2v) is 5.77. The van der Waals surface area contributed by atoms with Gasteiger partial charge in [-0.3, -0.25) is 9.98 Å². The van der Waals surface area contributed by atoms with Crippen LogP contribution in [0.4, 0.5) is 0 Å². The van der Waals surface area contributed by atoms with Gasteiger partial charge in [0.2, 0.25) is 0 Å². The molecule has 5 nitrogen and oxygen atoms in total. The first-order valence-corrected chi connectivity index (χ1v) is 8.37. The maximum Gasteiger partial charge on any atom is 0.174 e. The number of hydrogen-bond donors (Lipinski definition) is 1. The highest BCUT2D eigenvalue weighted by atomic mass is 32.1. The van der Waals surface area contributed by atoms with Gasteiger partial charge in [-0.2, -0.15) is 0 Å². The van der Waals surface area contributed by atoms with Crippen LogP contribution in [0, 0.1) is 0 Å². The number of morpholine rings is 1. The summed E-state index contributed by atoms with van der Waals surface area (Å²) in [7, 11) is 0. The third kappa shape index (κ3) is 4.59. The smallest absolute Gasteiger partial charge is 0.174 e. The van der Waals surface area contributed by atoms with Crippen molar-refractivity contribution in [2.24, 2.45) is 4.99 Å². The molecule has 3 rings (SSSR count). The van der Waals surface area contributed by atoms with E-state index >= 15 is 0 Å². The van der Waals surface area contributed by atoms with E-state index in [2.05, 4.69) is 15.2 Å². The molecule has 24 heavy (non-hydrogen) atoms. The first kappa shape index (κ1) is 16.5. The zero-order chi connectivity index (χ0) is 16.6. The maximum absolute atomic E-state index is 5.54. The fourth-order valence-corrected chi connectivity index (χ4v) is 2.68. The molecule has 0 saturated carbocycles. The predicted octanol–water partition coefficient (Wildman–Crippen LogP) is 2.24. The first-order valence-electron chi connectivity index (χ1n) is 7.96. The Morgan fingerprint density at radius 3 is 2.58 bits per heavy atom. The number of aliphatic imine (C=N–C) groups is 1. The lowest BCUT2D eigenvalue weighted by atomic mass is 10.2. The number of rotatable bonds is 3. The Morgan fingerprint density at radius 2 is 1.88 bits per heavy atom. The van der Waals surface area contributed by atoms with Crippen LogP contribution in [0.1, 0.15) is 11.3 Å². The van der Waals surface area contributed by atoms with Gasteiger partial charge in [-0.25, -0.2) is 0 Å². The molecule has 1 saturated heterocycles. The van der Waals surface area contributed by atoms with Gasteiger partial charge in [-0.1, -0.05) is 36.4 Å². The van der Waals surface area contributed by atoms with Crippen LogP contribution < -0.4 is 5.32 Å². The zero-order valence-corrected chi connectivity index (χ0v) is 14.2. The molecule has 1 aromatic heterocycles. The number of aromatic nitrogens is 1. The normalized spacial score (nSPS) is 15.2. The van der Waals surface area contributed by atoms with E-state index < -0.39 is 0 Å². The Kier molecular flexibility index (Phi) is 5.87. The van der Waals surface area contributed by atoms with Crippen LogP contribution in [0.25, 0.3) is 0 Å². The predicted molar refractivity (Wildman–Crippen MR) is 99.0 cm³/mol. The van der Waals surface area contributed by atoms with Crippen molar-refractivity contribution in [2.45, 2.75) is 6.54 Å². The van der Waals surface area contributed by atoms with E-state index in [1.54, 1.807) is 6.20 Å². The van der Waals surface area contributed by atoms with Crippen molar-refractivity contribution in [2.75, 3.05) is 26.3 Å².